The van der Waals surface area contributed by atoms with Gasteiger partial charge in [-0.3, -0.25) is 0 Å². The summed E-state index contributed by atoms with van der Waals surface area (Å²) in [6, 6.07) is 1.63. The number of hydrogen-bond acceptors (Lipinski definition) is 5. The average molecular weight is 801 g/mol. The van der Waals surface area contributed by atoms with Crippen LogP contribution in [0.25, 0.3) is 0 Å². The first-order valence-corrected chi connectivity index (χ1v) is 26.1. The number of benzene rings is 1. The Morgan fingerprint density at radius 3 is 1.13 bits per heavy atom. The minimum Gasteiger partial charge on any atom is -0.0654 e. The molecule has 0 bridgehead atoms. The quantitative estimate of drug-likeness (QED) is 0.0529. The zero-order valence-corrected chi connectivity index (χ0v) is 37.8. The number of unbranched alkanes of at least 4 members (excludes halogenated alkanes) is 27. The molecule has 0 unspecified atom stereocenters. The van der Waals surface area contributed by atoms with Gasteiger partial charge in [0.1, 0.15) is 0 Å². The zero-order valence-electron chi connectivity index (χ0n) is 35.4. The zero-order chi connectivity index (χ0) is 39.0. The van der Waals surface area contributed by atoms with Gasteiger partial charge in [-0.15, -0.1) is 0 Å². The molecule has 0 aliphatic carbocycles. The summed E-state index contributed by atoms with van der Waals surface area (Å²) in [5.74, 6) is 0.609. The van der Waals surface area contributed by atoms with Crippen molar-refractivity contribution in [1.29, 1.82) is 0 Å². The van der Waals surface area contributed by atoms with Crippen LogP contribution in [-0.2, 0) is 54.1 Å². The average Bonchev–Trinajstić information content (AvgIpc) is 3.11. The summed E-state index contributed by atoms with van der Waals surface area (Å²) >= 11 is -4.37. The van der Waals surface area contributed by atoms with Crippen LogP contribution in [0.15, 0.2) is 11.0 Å². The van der Waals surface area contributed by atoms with Crippen molar-refractivity contribution in [2.24, 2.45) is 0 Å². The topological polar surface area (TPSA) is 89.9 Å². The van der Waals surface area contributed by atoms with Crippen molar-refractivity contribution in [1.82, 2.24) is 0 Å². The molecule has 0 aromatic heterocycles. The first kappa shape index (κ1) is 50.4. The van der Waals surface area contributed by atoms with Crippen LogP contribution in [0.1, 0.15) is 244 Å². The van der Waals surface area contributed by atoms with Gasteiger partial charge in [-0.1, -0.05) is 97.8 Å². The Balaban J connectivity index is 3.23. The second-order valence-corrected chi connectivity index (χ2v) is 19.2. The summed E-state index contributed by atoms with van der Waals surface area (Å²) in [5.41, 5.74) is 3.05. The van der Waals surface area contributed by atoms with Crippen molar-refractivity contribution < 1.29 is 41.5 Å². The van der Waals surface area contributed by atoms with E-state index >= 15 is 0 Å². The van der Waals surface area contributed by atoms with Gasteiger partial charge in [0.15, 0.2) is 0 Å². The molecule has 0 amide bonds. The Morgan fingerprint density at radius 1 is 0.509 bits per heavy atom. The van der Waals surface area contributed by atoms with E-state index in [1.165, 1.54) is 148 Å². The molecule has 53 heavy (non-hydrogen) atoms. The molecule has 0 aliphatic heterocycles. The number of rotatable bonds is 38. The Hall–Kier alpha value is -0.596. The second kappa shape index (κ2) is 33.5. The summed E-state index contributed by atoms with van der Waals surface area (Å²) < 4.78 is 60.1. The van der Waals surface area contributed by atoms with Crippen LogP contribution in [0, 0.1) is 0 Å². The van der Waals surface area contributed by atoms with Crippen LogP contribution in [0.5, 0.6) is 5.75 Å². The predicted molar refractivity (Wildman–Crippen MR) is 220 cm³/mol. The smallest absolute Gasteiger partial charge is 0.0654 e. The van der Waals surface area contributed by atoms with Crippen molar-refractivity contribution in [3.05, 3.63) is 22.8 Å². The molecule has 1 N–H and O–H groups in total. The van der Waals surface area contributed by atoms with Crippen molar-refractivity contribution in [3.8, 4) is 5.75 Å². The van der Waals surface area contributed by atoms with E-state index in [1.807, 2.05) is 13.8 Å². The number of hydrogen-bond donors (Lipinski definition) is 1. The summed E-state index contributed by atoms with van der Waals surface area (Å²) in [4.78, 5) is 0.0490. The first-order valence-electron chi connectivity index (χ1n) is 22.7. The fourth-order valence-electron chi connectivity index (χ4n) is 7.71. The number of ether oxygens (including phenoxy) is 1. The normalized spacial score (nSPS) is 11.9. The molecule has 8 heteroatoms. The van der Waals surface area contributed by atoms with Gasteiger partial charge in [-0.2, -0.15) is 0 Å². The minimum atomic E-state index is -4.42. The molecule has 0 fully saturated rings. The summed E-state index contributed by atoms with van der Waals surface area (Å²) in [6.07, 6.45) is 39.4. The van der Waals surface area contributed by atoms with Crippen LogP contribution in [0.3, 0.4) is 0 Å². The van der Waals surface area contributed by atoms with Gasteiger partial charge in [0.25, 0.3) is 0 Å². The summed E-state index contributed by atoms with van der Waals surface area (Å²) in [7, 11) is -4.42. The summed E-state index contributed by atoms with van der Waals surface area (Å²) in [5, 5.41) is 0. The van der Waals surface area contributed by atoms with Crippen LogP contribution in [-0.4, -0.2) is 18.2 Å². The van der Waals surface area contributed by atoms with E-state index in [0.717, 1.165) is 74.5 Å². The molecule has 0 atom stereocenters. The van der Waals surface area contributed by atoms with E-state index < -0.39 is 28.7 Å². The third kappa shape index (κ3) is 25.3. The van der Waals surface area contributed by atoms with E-state index in [0.29, 0.717) is 12.2 Å². The van der Waals surface area contributed by atoms with Gasteiger partial charge in [-0.25, -0.2) is 0 Å². The van der Waals surface area contributed by atoms with E-state index in [2.05, 4.69) is 20.8 Å². The Bertz CT molecular complexity index is 1150. The van der Waals surface area contributed by atoms with E-state index in [4.69, 9.17) is 7.50 Å². The molecule has 0 aliphatic rings. The van der Waals surface area contributed by atoms with Crippen molar-refractivity contribution in [2.45, 2.75) is 258 Å². The van der Waals surface area contributed by atoms with Crippen LogP contribution < -0.4 is 4.74 Å². The van der Waals surface area contributed by atoms with E-state index in [9.17, 15) is 15.4 Å². The van der Waals surface area contributed by atoms with E-state index in [1.54, 1.807) is 6.07 Å². The minimum absolute atomic E-state index is 0.0490. The van der Waals surface area contributed by atoms with Gasteiger partial charge in [0, 0.05) is 0 Å². The predicted octanol–water partition coefficient (Wildman–Crippen LogP) is 14.4. The third-order valence-electron chi connectivity index (χ3n) is 10.7. The fourth-order valence-corrected chi connectivity index (χ4v) is 10.1. The van der Waals surface area contributed by atoms with Gasteiger partial charge in [-0.05, 0) is 0 Å². The molecule has 1 aromatic carbocycles. The van der Waals surface area contributed by atoms with Crippen LogP contribution in [0.2, 0.25) is 0 Å². The van der Waals surface area contributed by atoms with Crippen LogP contribution in [0.4, 0.5) is 0 Å². The monoisotopic (exact) mass is 801 g/mol. The molecule has 1 rings (SSSR count). The van der Waals surface area contributed by atoms with Gasteiger partial charge >= 0.3 is 240 Å². The molecule has 0 spiro atoms. The third-order valence-corrected chi connectivity index (χ3v) is 13.7. The maximum atomic E-state index is 13.6. The standard InChI is InChI=1S/C45H84O4S.H2O.O.Ti/c1-6-9-12-15-18-21-24-27-30-33-36-41-42(37-34-31-28-25-22-19-16-13-10-7-2)44(49-40(4)5)39-45(50(46,47)48)43(41)38-35-32-29-26-23-20-17-14-11-8-3;;;/h39-40H,6-38H2,1-5H3,(H,46,47,48);1H2;;/q;;;+2/p-2. The molecule has 0 radical (unpaired) electrons. The second-order valence-electron chi connectivity index (χ2n) is 16.1. The summed E-state index contributed by atoms with van der Waals surface area (Å²) in [6.45, 7) is 10.7. The molecule has 0 saturated heterocycles. The Kier molecular flexibility index (Phi) is 31.9. The van der Waals surface area contributed by atoms with Crippen molar-refractivity contribution in [2.75, 3.05) is 0 Å². The van der Waals surface area contributed by atoms with Gasteiger partial charge in [0.05, 0.1) is 0 Å². The molecule has 1 aromatic rings. The van der Waals surface area contributed by atoms with E-state index in [-0.39, 0.29) is 11.0 Å². The maximum absolute atomic E-state index is 13.6. The molecule has 6 nitrogen and oxygen atoms in total. The Morgan fingerprint density at radius 2 is 0.811 bits per heavy atom. The van der Waals surface area contributed by atoms with Crippen molar-refractivity contribution >= 4 is 10.1 Å². The fraction of sp³-hybridized carbons (Fsp3) is 0.867. The SMILES string of the molecule is CCCCCCCCCCCCc1c(OC(C)C)cc(S(=O)(=O)[O][Ti](=[O])[OH])c(CCCCCCCCCCCC)c1CCCCCCCCCCCC. The molecular formula is C45H84O6STi. The first-order chi connectivity index (χ1) is 25.7. The Labute approximate surface area is 336 Å². The van der Waals surface area contributed by atoms with Crippen LogP contribution >= 0.6 is 0 Å². The molecule has 310 valence electrons. The molecule has 0 heterocycles. The van der Waals surface area contributed by atoms with Gasteiger partial charge in [0.2, 0.25) is 0 Å². The van der Waals surface area contributed by atoms with Crippen molar-refractivity contribution in [3.63, 3.8) is 0 Å². The van der Waals surface area contributed by atoms with Gasteiger partial charge < -0.3 is 0 Å². The molecule has 0 saturated carbocycles. The molecular weight excluding hydrogens is 716 g/mol.